The third-order valence-corrected chi connectivity index (χ3v) is 4.65. The van der Waals surface area contributed by atoms with Gasteiger partial charge in [-0.25, -0.2) is 4.98 Å². The van der Waals surface area contributed by atoms with Crippen LogP contribution in [0.25, 0.3) is 10.2 Å². The van der Waals surface area contributed by atoms with Crippen molar-refractivity contribution in [2.24, 2.45) is 4.99 Å². The van der Waals surface area contributed by atoms with Crippen LogP contribution >= 0.6 is 24.0 Å². The molecule has 1 aromatic heterocycles. The Morgan fingerprint density at radius 1 is 1.28 bits per heavy atom. The molecule has 0 fully saturated rings. The van der Waals surface area contributed by atoms with E-state index in [-0.39, 0.29) is 12.1 Å². The number of fused-ring (bicyclic) bond motifs is 1. The average molecular weight is 368 g/mol. The van der Waals surface area contributed by atoms with E-state index in [1.807, 2.05) is 73.5 Å². The lowest BCUT2D eigenvalue weighted by Gasteiger charge is -2.28. The minimum atomic E-state index is 0.0386. The highest BCUT2D eigenvalue weighted by Gasteiger charge is 2.21. The highest BCUT2D eigenvalue weighted by atomic mass is 32.2. The van der Waals surface area contributed by atoms with Gasteiger partial charge < -0.3 is 4.74 Å². The van der Waals surface area contributed by atoms with E-state index in [2.05, 4.69) is 22.6 Å². The standard InChI is InChI=1S/C18H16N4OS2/c1-12(2)22(13-8-9-15-16(10-13)25-18(24)21-15)17(20-11-19)23-14-6-4-3-5-7-14/h3-10,12H,1-2H3,(H,21,24)/b20-17-. The molecule has 0 radical (unpaired) electrons. The van der Waals surface area contributed by atoms with Crippen molar-refractivity contribution in [1.82, 2.24) is 4.98 Å². The zero-order valence-corrected chi connectivity index (χ0v) is 15.5. The Kier molecular flexibility index (Phi) is 5.22. The zero-order chi connectivity index (χ0) is 17.8. The van der Waals surface area contributed by atoms with Gasteiger partial charge in [0.05, 0.1) is 10.2 Å². The number of aliphatic imine (C=N–C) groups is 1. The number of benzene rings is 2. The van der Waals surface area contributed by atoms with E-state index in [0.717, 1.165) is 20.2 Å². The van der Waals surface area contributed by atoms with Crippen molar-refractivity contribution < 1.29 is 4.74 Å². The predicted octanol–water partition coefficient (Wildman–Crippen LogP) is 4.72. The number of anilines is 1. The van der Waals surface area contributed by atoms with Gasteiger partial charge in [0.1, 0.15) is 10.1 Å². The van der Waals surface area contributed by atoms with Gasteiger partial charge in [-0.1, -0.05) is 18.2 Å². The van der Waals surface area contributed by atoms with Gasteiger partial charge in [-0.05, 0) is 44.2 Å². The average Bonchev–Trinajstić information content (AvgIpc) is 2.95. The van der Waals surface area contributed by atoms with Crippen LogP contribution in [0.1, 0.15) is 13.8 Å². The van der Waals surface area contributed by atoms with E-state index in [1.165, 1.54) is 11.3 Å². The summed E-state index contributed by atoms with van der Waals surface area (Å²) in [7, 11) is 0. The van der Waals surface area contributed by atoms with Crippen LogP contribution in [0.15, 0.2) is 57.9 Å². The first kappa shape index (κ1) is 17.3. The molecule has 0 unspecified atom stereocenters. The van der Waals surface area contributed by atoms with Crippen LogP contribution in [0.5, 0.6) is 5.75 Å². The Hall–Kier alpha value is -2.56. The van der Waals surface area contributed by atoms with Crippen LogP contribution < -0.4 is 9.64 Å². The third-order valence-electron chi connectivity index (χ3n) is 3.46. The molecular formula is C18H16N4OS2. The number of para-hydroxylation sites is 1. The van der Waals surface area contributed by atoms with E-state index >= 15 is 0 Å². The van der Waals surface area contributed by atoms with Gasteiger partial charge in [-0.2, -0.15) is 5.26 Å². The van der Waals surface area contributed by atoms with Crippen molar-refractivity contribution in [3.8, 4) is 11.9 Å². The summed E-state index contributed by atoms with van der Waals surface area (Å²) < 4.78 is 7.61. The molecule has 0 saturated heterocycles. The van der Waals surface area contributed by atoms with Gasteiger partial charge in [-0.15, -0.1) is 29.0 Å². The number of nitrogens with zero attached hydrogens (tertiary/aromatic N) is 4. The third kappa shape index (κ3) is 3.92. The summed E-state index contributed by atoms with van der Waals surface area (Å²) in [6.07, 6.45) is 1.83. The molecule has 0 spiro atoms. The van der Waals surface area contributed by atoms with E-state index in [1.54, 1.807) is 0 Å². The topological polar surface area (TPSA) is 61.5 Å². The lowest BCUT2D eigenvalue weighted by Crippen LogP contribution is -2.40. The molecule has 0 aliphatic carbocycles. The number of hydrogen-bond acceptors (Lipinski definition) is 6. The second-order valence-corrected chi connectivity index (χ2v) is 7.28. The second-order valence-electron chi connectivity index (χ2n) is 5.52. The molecule has 0 bridgehead atoms. The fraction of sp³-hybridized carbons (Fsp3) is 0.167. The minimum Gasteiger partial charge on any atom is -0.425 e. The summed E-state index contributed by atoms with van der Waals surface area (Å²) in [6, 6.07) is 15.5. The maximum atomic E-state index is 9.11. The number of thiazole rings is 1. The number of nitriles is 1. The lowest BCUT2D eigenvalue weighted by molar-refractivity contribution is 0.523. The number of thiol groups is 1. The van der Waals surface area contributed by atoms with E-state index in [4.69, 9.17) is 10.00 Å². The van der Waals surface area contributed by atoms with Gasteiger partial charge in [0, 0.05) is 11.7 Å². The summed E-state index contributed by atoms with van der Waals surface area (Å²) in [5.41, 5.74) is 1.77. The number of hydrogen-bond donors (Lipinski definition) is 1. The molecule has 0 saturated carbocycles. The molecule has 5 nitrogen and oxygen atoms in total. The molecule has 3 rings (SSSR count). The Morgan fingerprint density at radius 3 is 2.72 bits per heavy atom. The first-order valence-corrected chi connectivity index (χ1v) is 8.93. The van der Waals surface area contributed by atoms with Crippen LogP contribution in [0.3, 0.4) is 0 Å². The summed E-state index contributed by atoms with van der Waals surface area (Å²) in [5, 5.41) is 9.11. The first-order valence-electron chi connectivity index (χ1n) is 7.67. The van der Waals surface area contributed by atoms with Gasteiger partial charge in [0.15, 0.2) is 0 Å². The van der Waals surface area contributed by atoms with Gasteiger partial charge >= 0.3 is 6.02 Å². The second kappa shape index (κ2) is 7.55. The molecule has 2 aromatic carbocycles. The van der Waals surface area contributed by atoms with Gasteiger partial charge in [-0.3, -0.25) is 4.90 Å². The van der Waals surface area contributed by atoms with E-state index in [0.29, 0.717) is 5.75 Å². The number of rotatable bonds is 3. The van der Waals surface area contributed by atoms with Gasteiger partial charge in [0.2, 0.25) is 6.19 Å². The van der Waals surface area contributed by atoms with Crippen molar-refractivity contribution in [2.75, 3.05) is 4.90 Å². The summed E-state index contributed by atoms with van der Waals surface area (Å²) in [4.78, 5) is 10.1. The monoisotopic (exact) mass is 368 g/mol. The maximum Gasteiger partial charge on any atom is 0.313 e. The molecule has 7 heteroatoms. The molecule has 0 aliphatic heterocycles. The summed E-state index contributed by atoms with van der Waals surface area (Å²) in [6.45, 7) is 4.03. The van der Waals surface area contributed by atoms with Crippen molar-refractivity contribution in [3.63, 3.8) is 0 Å². The quantitative estimate of drug-likeness (QED) is 0.315. The molecule has 0 N–H and O–H groups in total. The van der Waals surface area contributed by atoms with Crippen molar-refractivity contribution in [2.45, 2.75) is 24.2 Å². The molecule has 3 aromatic rings. The Bertz CT molecular complexity index is 945. The van der Waals surface area contributed by atoms with Crippen LogP contribution in [-0.4, -0.2) is 17.0 Å². The number of aromatic nitrogens is 1. The first-order chi connectivity index (χ1) is 12.1. The highest BCUT2D eigenvalue weighted by Crippen LogP contribution is 2.30. The normalized spacial score (nSPS) is 11.6. The summed E-state index contributed by atoms with van der Waals surface area (Å²) in [5.74, 6) is 0.624. The van der Waals surface area contributed by atoms with E-state index in [9.17, 15) is 0 Å². The van der Waals surface area contributed by atoms with Crippen LogP contribution in [0.2, 0.25) is 0 Å². The fourth-order valence-electron chi connectivity index (χ4n) is 2.44. The Labute approximate surface area is 155 Å². The molecule has 0 amide bonds. The highest BCUT2D eigenvalue weighted by molar-refractivity contribution is 7.82. The van der Waals surface area contributed by atoms with Crippen molar-refractivity contribution in [1.29, 1.82) is 5.26 Å². The van der Waals surface area contributed by atoms with Crippen LogP contribution in [0, 0.1) is 11.5 Å². The van der Waals surface area contributed by atoms with Crippen molar-refractivity contribution in [3.05, 3.63) is 48.5 Å². The van der Waals surface area contributed by atoms with Crippen LogP contribution in [0.4, 0.5) is 5.69 Å². The lowest BCUT2D eigenvalue weighted by atomic mass is 10.2. The van der Waals surface area contributed by atoms with Crippen LogP contribution in [-0.2, 0) is 0 Å². The molecule has 0 atom stereocenters. The zero-order valence-electron chi connectivity index (χ0n) is 13.7. The molecule has 1 heterocycles. The molecule has 126 valence electrons. The maximum absolute atomic E-state index is 9.11. The minimum absolute atomic E-state index is 0.0386. The molecule has 25 heavy (non-hydrogen) atoms. The SMILES string of the molecule is CC(C)N(/C(=N/C#N)Oc1ccccc1)c1ccc2nc(S)sc2c1. The predicted molar refractivity (Wildman–Crippen MR) is 105 cm³/mol. The Balaban J connectivity index is 2.02. The van der Waals surface area contributed by atoms with E-state index < -0.39 is 0 Å². The van der Waals surface area contributed by atoms with Gasteiger partial charge in [0.25, 0.3) is 0 Å². The fourth-order valence-corrected chi connectivity index (χ4v) is 3.58. The largest absolute Gasteiger partial charge is 0.425 e. The number of amidine groups is 1. The smallest absolute Gasteiger partial charge is 0.313 e. The molecule has 0 aliphatic rings. The summed E-state index contributed by atoms with van der Waals surface area (Å²) >= 11 is 5.82. The number of ether oxygens (including phenoxy) is 1. The van der Waals surface area contributed by atoms with Crippen molar-refractivity contribution >= 4 is 45.9 Å². The Morgan fingerprint density at radius 2 is 2.04 bits per heavy atom. The molecular weight excluding hydrogens is 352 g/mol.